The Hall–Kier alpha value is -1.63. The van der Waals surface area contributed by atoms with E-state index in [0.29, 0.717) is 18.9 Å². The highest BCUT2D eigenvalue weighted by Crippen LogP contribution is 2.27. The van der Waals surface area contributed by atoms with Gasteiger partial charge in [0.1, 0.15) is 10.7 Å². The molecule has 0 aliphatic carbocycles. The standard InChI is InChI=1S/C15H23N3O3S/c1-3-8-17-15(19)12-6-5-10-18(11-12)14-13(22(2,20)21)7-4-9-16-14/h4,7,9,12H,3,5-6,8,10-11H2,1-2H3,(H,17,19). The summed E-state index contributed by atoms with van der Waals surface area (Å²) in [5, 5.41) is 2.91. The normalized spacial score (nSPS) is 19.0. The molecule has 1 aliphatic heterocycles. The first-order chi connectivity index (χ1) is 10.4. The molecule has 2 heterocycles. The zero-order valence-corrected chi connectivity index (χ0v) is 13.9. The van der Waals surface area contributed by atoms with E-state index in [1.807, 2.05) is 11.8 Å². The average molecular weight is 325 g/mol. The van der Waals surface area contributed by atoms with Gasteiger partial charge in [0.25, 0.3) is 0 Å². The third-order valence-electron chi connectivity index (χ3n) is 3.79. The second-order valence-electron chi connectivity index (χ2n) is 5.67. The van der Waals surface area contributed by atoms with Crippen LogP contribution in [0.4, 0.5) is 5.82 Å². The van der Waals surface area contributed by atoms with Crippen molar-refractivity contribution in [3.63, 3.8) is 0 Å². The van der Waals surface area contributed by atoms with Crippen molar-refractivity contribution >= 4 is 21.6 Å². The number of pyridine rings is 1. The van der Waals surface area contributed by atoms with E-state index in [0.717, 1.165) is 25.8 Å². The smallest absolute Gasteiger partial charge is 0.224 e. The largest absolute Gasteiger partial charge is 0.356 e. The summed E-state index contributed by atoms with van der Waals surface area (Å²) in [6, 6.07) is 3.19. The molecule has 1 N–H and O–H groups in total. The Morgan fingerprint density at radius 3 is 2.95 bits per heavy atom. The van der Waals surface area contributed by atoms with Gasteiger partial charge in [-0.05, 0) is 31.4 Å². The molecular formula is C15H23N3O3S. The number of piperidine rings is 1. The maximum atomic E-state index is 12.1. The van der Waals surface area contributed by atoms with Gasteiger partial charge in [-0.2, -0.15) is 0 Å². The molecule has 7 heteroatoms. The Labute approximate surface area is 131 Å². The molecule has 1 saturated heterocycles. The number of nitrogens with zero attached hydrogens (tertiary/aromatic N) is 2. The van der Waals surface area contributed by atoms with Crippen LogP contribution in [-0.4, -0.2) is 45.2 Å². The van der Waals surface area contributed by atoms with Crippen LogP contribution in [-0.2, 0) is 14.6 Å². The minimum Gasteiger partial charge on any atom is -0.356 e. The van der Waals surface area contributed by atoms with Crippen LogP contribution in [0.1, 0.15) is 26.2 Å². The predicted octanol–water partition coefficient (Wildman–Crippen LogP) is 1.23. The number of aromatic nitrogens is 1. The molecule has 1 amide bonds. The molecule has 1 unspecified atom stereocenters. The first kappa shape index (κ1) is 16.7. The number of carbonyl (C=O) groups is 1. The summed E-state index contributed by atoms with van der Waals surface area (Å²) in [6.45, 7) is 3.92. The van der Waals surface area contributed by atoms with Crippen LogP contribution in [0.25, 0.3) is 0 Å². The summed E-state index contributed by atoms with van der Waals surface area (Å²) >= 11 is 0. The molecule has 0 spiro atoms. The fourth-order valence-corrected chi connectivity index (χ4v) is 3.52. The van der Waals surface area contributed by atoms with Gasteiger partial charge in [0, 0.05) is 32.1 Å². The lowest BCUT2D eigenvalue weighted by atomic mass is 9.97. The third-order valence-corrected chi connectivity index (χ3v) is 4.91. The number of rotatable bonds is 5. The van der Waals surface area contributed by atoms with E-state index in [4.69, 9.17) is 0 Å². The molecule has 6 nitrogen and oxygen atoms in total. The Bertz CT molecular complexity index is 631. The van der Waals surface area contributed by atoms with E-state index in [-0.39, 0.29) is 16.7 Å². The quantitative estimate of drug-likeness (QED) is 0.881. The van der Waals surface area contributed by atoms with Gasteiger partial charge < -0.3 is 10.2 Å². The summed E-state index contributed by atoms with van der Waals surface area (Å²) in [4.78, 5) is 18.5. The first-order valence-electron chi connectivity index (χ1n) is 7.61. The summed E-state index contributed by atoms with van der Waals surface area (Å²) in [5.41, 5.74) is 0. The molecule has 0 aromatic carbocycles. The van der Waals surface area contributed by atoms with Crippen molar-refractivity contribution in [2.75, 3.05) is 30.8 Å². The van der Waals surface area contributed by atoms with E-state index in [2.05, 4.69) is 10.3 Å². The molecule has 0 bridgehead atoms. The third kappa shape index (κ3) is 3.97. The van der Waals surface area contributed by atoms with E-state index < -0.39 is 9.84 Å². The van der Waals surface area contributed by atoms with Crippen LogP contribution < -0.4 is 10.2 Å². The van der Waals surface area contributed by atoms with Crippen molar-refractivity contribution in [1.82, 2.24) is 10.3 Å². The highest BCUT2D eigenvalue weighted by molar-refractivity contribution is 7.90. The molecule has 1 atom stereocenters. The SMILES string of the molecule is CCCNC(=O)C1CCCN(c2ncccc2S(C)(=O)=O)C1. The van der Waals surface area contributed by atoms with Crippen molar-refractivity contribution < 1.29 is 13.2 Å². The number of sulfone groups is 1. The monoisotopic (exact) mass is 325 g/mol. The van der Waals surface area contributed by atoms with Crippen molar-refractivity contribution in [3.8, 4) is 0 Å². The van der Waals surface area contributed by atoms with Gasteiger partial charge in [0.2, 0.25) is 5.91 Å². The van der Waals surface area contributed by atoms with E-state index >= 15 is 0 Å². The van der Waals surface area contributed by atoms with Gasteiger partial charge >= 0.3 is 0 Å². The van der Waals surface area contributed by atoms with Gasteiger partial charge in [-0.3, -0.25) is 4.79 Å². The highest BCUT2D eigenvalue weighted by atomic mass is 32.2. The summed E-state index contributed by atoms with van der Waals surface area (Å²) in [7, 11) is -3.34. The second-order valence-corrected chi connectivity index (χ2v) is 7.66. The van der Waals surface area contributed by atoms with Gasteiger partial charge in [0.05, 0.1) is 5.92 Å². The molecule has 122 valence electrons. The fourth-order valence-electron chi connectivity index (χ4n) is 2.69. The van der Waals surface area contributed by atoms with Gasteiger partial charge in [0.15, 0.2) is 9.84 Å². The van der Waals surface area contributed by atoms with E-state index in [9.17, 15) is 13.2 Å². The maximum Gasteiger partial charge on any atom is 0.224 e. The molecule has 1 aromatic rings. The summed E-state index contributed by atoms with van der Waals surface area (Å²) < 4.78 is 23.8. The van der Waals surface area contributed by atoms with Gasteiger partial charge in [-0.25, -0.2) is 13.4 Å². The first-order valence-corrected chi connectivity index (χ1v) is 9.50. The summed E-state index contributed by atoms with van der Waals surface area (Å²) in [5.74, 6) is 0.385. The number of anilines is 1. The predicted molar refractivity (Wildman–Crippen MR) is 85.6 cm³/mol. The zero-order valence-electron chi connectivity index (χ0n) is 13.1. The van der Waals surface area contributed by atoms with Crippen LogP contribution in [0.2, 0.25) is 0 Å². The molecular weight excluding hydrogens is 302 g/mol. The second kappa shape index (κ2) is 7.09. The molecule has 1 aromatic heterocycles. The van der Waals surface area contributed by atoms with Crippen molar-refractivity contribution in [3.05, 3.63) is 18.3 Å². The van der Waals surface area contributed by atoms with E-state index in [1.165, 1.54) is 6.26 Å². The minimum atomic E-state index is -3.34. The average Bonchev–Trinajstić information content (AvgIpc) is 2.52. The number of amides is 1. The van der Waals surface area contributed by atoms with Crippen molar-refractivity contribution in [1.29, 1.82) is 0 Å². The zero-order chi connectivity index (χ0) is 16.2. The van der Waals surface area contributed by atoms with Crippen LogP contribution in [0.5, 0.6) is 0 Å². The number of hydrogen-bond acceptors (Lipinski definition) is 5. The lowest BCUT2D eigenvalue weighted by molar-refractivity contribution is -0.125. The number of carbonyl (C=O) groups excluding carboxylic acids is 1. The van der Waals surface area contributed by atoms with Crippen LogP contribution in [0, 0.1) is 5.92 Å². The Morgan fingerprint density at radius 1 is 1.50 bits per heavy atom. The van der Waals surface area contributed by atoms with Crippen molar-refractivity contribution in [2.45, 2.75) is 31.1 Å². The fraction of sp³-hybridized carbons (Fsp3) is 0.600. The maximum absolute atomic E-state index is 12.1. The molecule has 2 rings (SSSR count). The molecule has 1 aliphatic rings. The van der Waals surface area contributed by atoms with Crippen molar-refractivity contribution in [2.24, 2.45) is 5.92 Å². The topological polar surface area (TPSA) is 79.4 Å². The Morgan fingerprint density at radius 2 is 2.27 bits per heavy atom. The number of hydrogen-bond donors (Lipinski definition) is 1. The molecule has 0 radical (unpaired) electrons. The van der Waals surface area contributed by atoms with Crippen LogP contribution in [0.3, 0.4) is 0 Å². The van der Waals surface area contributed by atoms with E-state index in [1.54, 1.807) is 18.3 Å². The Balaban J connectivity index is 2.18. The van der Waals surface area contributed by atoms with Gasteiger partial charge in [-0.15, -0.1) is 0 Å². The minimum absolute atomic E-state index is 0.0448. The Kier molecular flexibility index (Phi) is 5.39. The molecule has 22 heavy (non-hydrogen) atoms. The summed E-state index contributed by atoms with van der Waals surface area (Å²) in [6.07, 6.45) is 5.35. The molecule has 0 saturated carbocycles. The van der Waals surface area contributed by atoms with Gasteiger partial charge in [-0.1, -0.05) is 6.92 Å². The van der Waals surface area contributed by atoms with Crippen LogP contribution >= 0.6 is 0 Å². The molecule has 1 fully saturated rings. The lowest BCUT2D eigenvalue weighted by Gasteiger charge is -2.33. The number of nitrogens with one attached hydrogen (secondary N) is 1. The highest BCUT2D eigenvalue weighted by Gasteiger charge is 2.28. The van der Waals surface area contributed by atoms with Crippen LogP contribution in [0.15, 0.2) is 23.2 Å². The lowest BCUT2D eigenvalue weighted by Crippen LogP contribution is -2.44.